The molecule has 0 saturated heterocycles. The molecular formula is C15H27N3. The standard InChI is InChI=1S/C15H27N3/c1-11(2)16-10-14-6-5-13(14)9-15-7-8-18(17-15)12(3)4/h7-8,11-14,16H,5-6,9-10H2,1-4H3. The van der Waals surface area contributed by atoms with Crippen LogP contribution in [0.2, 0.25) is 0 Å². The number of nitrogens with one attached hydrogen (secondary N) is 1. The van der Waals surface area contributed by atoms with Gasteiger partial charge in [-0.2, -0.15) is 5.10 Å². The Morgan fingerprint density at radius 2 is 2.00 bits per heavy atom. The number of aromatic nitrogens is 2. The normalized spacial score (nSPS) is 23.7. The number of hydrogen-bond donors (Lipinski definition) is 1. The van der Waals surface area contributed by atoms with Crippen LogP contribution in [0.4, 0.5) is 0 Å². The average molecular weight is 249 g/mol. The minimum Gasteiger partial charge on any atom is -0.314 e. The van der Waals surface area contributed by atoms with Crippen LogP contribution in [0, 0.1) is 11.8 Å². The van der Waals surface area contributed by atoms with Crippen LogP contribution >= 0.6 is 0 Å². The summed E-state index contributed by atoms with van der Waals surface area (Å²) in [7, 11) is 0. The molecule has 3 nitrogen and oxygen atoms in total. The van der Waals surface area contributed by atoms with Crippen molar-refractivity contribution in [1.29, 1.82) is 0 Å². The van der Waals surface area contributed by atoms with Gasteiger partial charge in [0.15, 0.2) is 0 Å². The van der Waals surface area contributed by atoms with E-state index in [2.05, 4.69) is 55.1 Å². The smallest absolute Gasteiger partial charge is 0.0627 e. The molecule has 0 aromatic carbocycles. The van der Waals surface area contributed by atoms with Crippen molar-refractivity contribution in [2.45, 2.75) is 59.0 Å². The summed E-state index contributed by atoms with van der Waals surface area (Å²) in [5, 5.41) is 8.22. The number of rotatable bonds is 6. The lowest BCUT2D eigenvalue weighted by Gasteiger charge is -2.37. The van der Waals surface area contributed by atoms with Crippen molar-refractivity contribution in [3.63, 3.8) is 0 Å². The Labute approximate surface area is 111 Å². The molecule has 1 saturated carbocycles. The summed E-state index contributed by atoms with van der Waals surface area (Å²) < 4.78 is 2.06. The van der Waals surface area contributed by atoms with E-state index in [1.807, 2.05) is 0 Å². The Hall–Kier alpha value is -0.830. The molecule has 0 amide bonds. The van der Waals surface area contributed by atoms with Crippen molar-refractivity contribution in [1.82, 2.24) is 15.1 Å². The third-order valence-electron chi connectivity index (χ3n) is 4.03. The zero-order valence-electron chi connectivity index (χ0n) is 12.2. The first-order valence-corrected chi connectivity index (χ1v) is 7.33. The molecule has 1 aliphatic carbocycles. The number of nitrogens with zero attached hydrogens (tertiary/aromatic N) is 2. The summed E-state index contributed by atoms with van der Waals surface area (Å²) in [5.74, 6) is 1.70. The summed E-state index contributed by atoms with van der Waals surface area (Å²) in [4.78, 5) is 0. The van der Waals surface area contributed by atoms with E-state index in [0.717, 1.165) is 18.3 Å². The lowest BCUT2D eigenvalue weighted by atomic mass is 9.71. The van der Waals surface area contributed by atoms with E-state index in [4.69, 9.17) is 0 Å². The molecule has 2 unspecified atom stereocenters. The minimum absolute atomic E-state index is 0.471. The molecule has 1 aromatic heterocycles. The predicted octanol–water partition coefficient (Wildman–Crippen LogP) is 3.03. The molecule has 18 heavy (non-hydrogen) atoms. The molecule has 1 aromatic rings. The summed E-state index contributed by atoms with van der Waals surface area (Å²) in [5.41, 5.74) is 1.27. The van der Waals surface area contributed by atoms with Crippen molar-refractivity contribution in [3.05, 3.63) is 18.0 Å². The summed E-state index contributed by atoms with van der Waals surface area (Å²) in [6.07, 6.45) is 6.03. The predicted molar refractivity (Wildman–Crippen MR) is 75.7 cm³/mol. The van der Waals surface area contributed by atoms with Gasteiger partial charge in [-0.05, 0) is 57.6 Å². The van der Waals surface area contributed by atoms with Gasteiger partial charge >= 0.3 is 0 Å². The van der Waals surface area contributed by atoms with Crippen LogP contribution in [0.15, 0.2) is 12.3 Å². The second-order valence-electron chi connectivity index (χ2n) is 6.25. The molecule has 2 rings (SSSR count). The van der Waals surface area contributed by atoms with Crippen LogP contribution in [0.25, 0.3) is 0 Å². The monoisotopic (exact) mass is 249 g/mol. The summed E-state index contributed by atoms with van der Waals surface area (Å²) >= 11 is 0. The molecule has 1 aliphatic rings. The van der Waals surface area contributed by atoms with E-state index < -0.39 is 0 Å². The van der Waals surface area contributed by atoms with Crippen molar-refractivity contribution in [3.8, 4) is 0 Å². The highest BCUT2D eigenvalue weighted by Crippen LogP contribution is 2.36. The van der Waals surface area contributed by atoms with Crippen LogP contribution in [0.3, 0.4) is 0 Å². The second kappa shape index (κ2) is 5.87. The van der Waals surface area contributed by atoms with Crippen LogP contribution in [0.1, 0.15) is 52.3 Å². The van der Waals surface area contributed by atoms with Gasteiger partial charge in [-0.25, -0.2) is 0 Å². The van der Waals surface area contributed by atoms with Gasteiger partial charge < -0.3 is 5.32 Å². The van der Waals surface area contributed by atoms with Crippen LogP contribution in [-0.2, 0) is 6.42 Å². The van der Waals surface area contributed by atoms with Gasteiger partial charge in [0.05, 0.1) is 5.69 Å². The molecule has 0 spiro atoms. The second-order valence-corrected chi connectivity index (χ2v) is 6.25. The molecular weight excluding hydrogens is 222 g/mol. The molecule has 102 valence electrons. The van der Waals surface area contributed by atoms with Crippen molar-refractivity contribution in [2.75, 3.05) is 6.54 Å². The van der Waals surface area contributed by atoms with Gasteiger partial charge in [0.2, 0.25) is 0 Å². The quantitative estimate of drug-likeness (QED) is 0.840. The van der Waals surface area contributed by atoms with E-state index in [1.54, 1.807) is 0 Å². The largest absolute Gasteiger partial charge is 0.314 e. The summed E-state index contributed by atoms with van der Waals surface area (Å²) in [6.45, 7) is 9.97. The maximum atomic E-state index is 4.66. The first-order chi connectivity index (χ1) is 8.56. The minimum atomic E-state index is 0.471. The van der Waals surface area contributed by atoms with Gasteiger partial charge in [-0.1, -0.05) is 13.8 Å². The molecule has 2 atom stereocenters. The third-order valence-corrected chi connectivity index (χ3v) is 4.03. The Balaban J connectivity index is 1.82. The molecule has 3 heteroatoms. The Kier molecular flexibility index (Phi) is 4.44. The van der Waals surface area contributed by atoms with Gasteiger partial charge in [0.25, 0.3) is 0 Å². The summed E-state index contributed by atoms with van der Waals surface area (Å²) in [6, 6.07) is 3.26. The van der Waals surface area contributed by atoms with Crippen molar-refractivity contribution in [2.24, 2.45) is 11.8 Å². The third kappa shape index (κ3) is 3.35. The maximum absolute atomic E-state index is 4.66. The van der Waals surface area contributed by atoms with Crippen molar-refractivity contribution >= 4 is 0 Å². The molecule has 1 fully saturated rings. The fourth-order valence-corrected chi connectivity index (χ4v) is 2.61. The fraction of sp³-hybridized carbons (Fsp3) is 0.800. The highest BCUT2D eigenvalue weighted by molar-refractivity contribution is 5.03. The number of hydrogen-bond acceptors (Lipinski definition) is 2. The highest BCUT2D eigenvalue weighted by atomic mass is 15.3. The first kappa shape index (κ1) is 13.6. The van der Waals surface area contributed by atoms with E-state index >= 15 is 0 Å². The lowest BCUT2D eigenvalue weighted by Crippen LogP contribution is -2.38. The van der Waals surface area contributed by atoms with Gasteiger partial charge in [-0.15, -0.1) is 0 Å². The molecule has 1 heterocycles. The Bertz CT molecular complexity index is 368. The molecule has 0 bridgehead atoms. The van der Waals surface area contributed by atoms with Crippen molar-refractivity contribution < 1.29 is 0 Å². The lowest BCUT2D eigenvalue weighted by molar-refractivity contribution is 0.166. The Morgan fingerprint density at radius 1 is 1.28 bits per heavy atom. The van der Waals surface area contributed by atoms with E-state index in [1.165, 1.54) is 25.1 Å². The van der Waals surface area contributed by atoms with Crippen LogP contribution in [-0.4, -0.2) is 22.4 Å². The van der Waals surface area contributed by atoms with Gasteiger partial charge in [0.1, 0.15) is 0 Å². The zero-order valence-corrected chi connectivity index (χ0v) is 12.2. The maximum Gasteiger partial charge on any atom is 0.0627 e. The molecule has 0 aliphatic heterocycles. The molecule has 0 radical (unpaired) electrons. The average Bonchev–Trinajstić information content (AvgIpc) is 2.72. The topological polar surface area (TPSA) is 29.9 Å². The SMILES string of the molecule is CC(C)NCC1CCC1Cc1ccn(C(C)C)n1. The van der Waals surface area contributed by atoms with Gasteiger partial charge in [-0.3, -0.25) is 4.68 Å². The molecule has 1 N–H and O–H groups in total. The van der Waals surface area contributed by atoms with E-state index in [-0.39, 0.29) is 0 Å². The Morgan fingerprint density at radius 3 is 2.50 bits per heavy atom. The fourth-order valence-electron chi connectivity index (χ4n) is 2.61. The van der Waals surface area contributed by atoms with Crippen LogP contribution < -0.4 is 5.32 Å². The van der Waals surface area contributed by atoms with E-state index in [0.29, 0.717) is 12.1 Å². The highest BCUT2D eigenvalue weighted by Gasteiger charge is 2.31. The zero-order chi connectivity index (χ0) is 13.1. The van der Waals surface area contributed by atoms with Crippen LogP contribution in [0.5, 0.6) is 0 Å². The first-order valence-electron chi connectivity index (χ1n) is 7.33. The van der Waals surface area contributed by atoms with E-state index in [9.17, 15) is 0 Å². The van der Waals surface area contributed by atoms with Gasteiger partial charge in [0, 0.05) is 18.3 Å².